The van der Waals surface area contributed by atoms with E-state index in [9.17, 15) is 4.79 Å². The van der Waals surface area contributed by atoms with Gasteiger partial charge >= 0.3 is 5.97 Å². The summed E-state index contributed by atoms with van der Waals surface area (Å²) >= 11 is 0. The monoisotopic (exact) mass is 159 g/mol. The minimum absolute atomic E-state index is 0.137. The molecule has 0 aliphatic carbocycles. The van der Waals surface area contributed by atoms with Crippen molar-refractivity contribution in [3.05, 3.63) is 0 Å². The predicted octanol–water partition coefficient (Wildman–Crippen LogP) is 1.22. The lowest BCUT2D eigenvalue weighted by molar-refractivity contribution is -0.140. The van der Waals surface area contributed by atoms with Gasteiger partial charge in [0.2, 0.25) is 0 Å². The number of carboxylic acids is 1. The van der Waals surface area contributed by atoms with Crippen molar-refractivity contribution in [3.63, 3.8) is 0 Å². The second kappa shape index (κ2) is 5.13. The smallest absolute Gasteiger partial charge is 0.320 e. The van der Waals surface area contributed by atoms with Crippen LogP contribution in [-0.2, 0) is 4.79 Å². The first kappa shape index (κ1) is 10.4. The van der Waals surface area contributed by atoms with E-state index in [2.05, 4.69) is 0 Å². The van der Waals surface area contributed by atoms with Gasteiger partial charge in [0.1, 0.15) is 6.04 Å². The molecule has 0 fully saturated rings. The zero-order chi connectivity index (χ0) is 8.85. The lowest BCUT2D eigenvalue weighted by Gasteiger charge is -2.17. The van der Waals surface area contributed by atoms with Crippen molar-refractivity contribution in [2.45, 2.75) is 39.2 Å². The van der Waals surface area contributed by atoms with Gasteiger partial charge in [0.25, 0.3) is 0 Å². The molecule has 3 N–H and O–H groups in total. The zero-order valence-electron chi connectivity index (χ0n) is 7.21. The standard InChI is InChI=1S/C8H17NO2/c1-3-5-6(4-2)7(9)8(10)11/h6-7H,3-5,9H2,1-2H3,(H,10,11)/t6?,7-/m0/s1. The quantitative estimate of drug-likeness (QED) is 0.634. The zero-order valence-corrected chi connectivity index (χ0v) is 7.21. The van der Waals surface area contributed by atoms with Crippen LogP contribution < -0.4 is 5.73 Å². The number of aliphatic carboxylic acids is 1. The molecule has 0 spiro atoms. The molecule has 0 aromatic carbocycles. The molecule has 0 bridgehead atoms. The molecule has 0 rings (SSSR count). The molecule has 0 radical (unpaired) electrons. The van der Waals surface area contributed by atoms with Crippen LogP contribution in [-0.4, -0.2) is 17.1 Å². The highest BCUT2D eigenvalue weighted by Crippen LogP contribution is 2.13. The molecule has 0 aliphatic heterocycles. The summed E-state index contributed by atoms with van der Waals surface area (Å²) in [5.41, 5.74) is 5.46. The Balaban J connectivity index is 3.91. The van der Waals surface area contributed by atoms with Crippen LogP contribution in [0, 0.1) is 5.92 Å². The fourth-order valence-corrected chi connectivity index (χ4v) is 1.21. The summed E-state index contributed by atoms with van der Waals surface area (Å²) in [5.74, 6) is -0.747. The van der Waals surface area contributed by atoms with Crippen molar-refractivity contribution in [2.24, 2.45) is 11.7 Å². The van der Waals surface area contributed by atoms with Crippen LogP contribution >= 0.6 is 0 Å². The first-order valence-electron chi connectivity index (χ1n) is 4.11. The van der Waals surface area contributed by atoms with Crippen molar-refractivity contribution in [1.82, 2.24) is 0 Å². The normalized spacial score (nSPS) is 15.9. The maximum atomic E-state index is 10.4. The molecule has 0 amide bonds. The molecule has 3 heteroatoms. The van der Waals surface area contributed by atoms with Crippen LogP contribution in [0.25, 0.3) is 0 Å². The van der Waals surface area contributed by atoms with Gasteiger partial charge in [-0.1, -0.05) is 26.7 Å². The SMILES string of the molecule is CCCC(CC)[C@H](N)C(=O)O. The summed E-state index contributed by atoms with van der Waals surface area (Å²) in [6, 6.07) is -0.681. The van der Waals surface area contributed by atoms with E-state index in [1.54, 1.807) is 0 Å². The molecular weight excluding hydrogens is 142 g/mol. The number of hydrogen-bond acceptors (Lipinski definition) is 2. The Morgan fingerprint density at radius 3 is 2.36 bits per heavy atom. The van der Waals surface area contributed by atoms with Crippen LogP contribution in [0.2, 0.25) is 0 Å². The Morgan fingerprint density at radius 1 is 1.55 bits per heavy atom. The third kappa shape index (κ3) is 3.37. The van der Waals surface area contributed by atoms with Gasteiger partial charge in [-0.2, -0.15) is 0 Å². The van der Waals surface area contributed by atoms with Crippen molar-refractivity contribution in [1.29, 1.82) is 0 Å². The molecule has 2 atom stereocenters. The molecule has 0 saturated carbocycles. The van der Waals surface area contributed by atoms with E-state index >= 15 is 0 Å². The average Bonchev–Trinajstić information content (AvgIpc) is 1.98. The Bertz CT molecular complexity index is 125. The van der Waals surface area contributed by atoms with Crippen molar-refractivity contribution in [2.75, 3.05) is 0 Å². The molecule has 3 nitrogen and oxygen atoms in total. The van der Waals surface area contributed by atoms with Crippen LogP contribution in [0.1, 0.15) is 33.1 Å². The topological polar surface area (TPSA) is 63.3 Å². The highest BCUT2D eigenvalue weighted by Gasteiger charge is 2.21. The molecule has 0 aromatic heterocycles. The van der Waals surface area contributed by atoms with Gasteiger partial charge in [-0.25, -0.2) is 0 Å². The Morgan fingerprint density at radius 2 is 2.09 bits per heavy atom. The van der Waals surface area contributed by atoms with Gasteiger partial charge in [-0.3, -0.25) is 4.79 Å². The van der Waals surface area contributed by atoms with Gasteiger partial charge in [-0.05, 0) is 12.3 Å². The summed E-state index contributed by atoms with van der Waals surface area (Å²) in [6.45, 7) is 4.01. The molecule has 1 unspecified atom stereocenters. The predicted molar refractivity (Wildman–Crippen MR) is 44.3 cm³/mol. The minimum Gasteiger partial charge on any atom is -0.480 e. The van der Waals surface area contributed by atoms with Gasteiger partial charge in [0, 0.05) is 0 Å². The van der Waals surface area contributed by atoms with E-state index in [1.807, 2.05) is 13.8 Å². The second-order valence-electron chi connectivity index (χ2n) is 2.82. The maximum Gasteiger partial charge on any atom is 0.320 e. The van der Waals surface area contributed by atoms with E-state index in [0.717, 1.165) is 19.3 Å². The first-order valence-corrected chi connectivity index (χ1v) is 4.11. The van der Waals surface area contributed by atoms with E-state index in [-0.39, 0.29) is 5.92 Å². The van der Waals surface area contributed by atoms with Crippen LogP contribution in [0.15, 0.2) is 0 Å². The fraction of sp³-hybridized carbons (Fsp3) is 0.875. The van der Waals surface area contributed by atoms with Gasteiger partial charge in [0.15, 0.2) is 0 Å². The molecular formula is C8H17NO2. The Kier molecular flexibility index (Phi) is 4.86. The molecule has 0 heterocycles. The third-order valence-corrected chi connectivity index (χ3v) is 1.98. The summed E-state index contributed by atoms with van der Waals surface area (Å²) in [6.07, 6.45) is 2.75. The minimum atomic E-state index is -0.884. The lowest BCUT2D eigenvalue weighted by Crippen LogP contribution is -2.37. The number of hydrogen-bond donors (Lipinski definition) is 2. The largest absolute Gasteiger partial charge is 0.480 e. The first-order chi connectivity index (χ1) is 5.13. The van der Waals surface area contributed by atoms with Crippen molar-refractivity contribution >= 4 is 5.97 Å². The molecule has 0 aliphatic rings. The number of carbonyl (C=O) groups is 1. The van der Waals surface area contributed by atoms with Crippen molar-refractivity contribution < 1.29 is 9.90 Å². The Hall–Kier alpha value is -0.570. The maximum absolute atomic E-state index is 10.4. The highest BCUT2D eigenvalue weighted by atomic mass is 16.4. The summed E-state index contributed by atoms with van der Waals surface area (Å²) in [4.78, 5) is 10.4. The van der Waals surface area contributed by atoms with Gasteiger partial charge < -0.3 is 10.8 Å². The molecule has 11 heavy (non-hydrogen) atoms. The summed E-state index contributed by atoms with van der Waals surface area (Å²) in [5, 5.41) is 8.59. The number of rotatable bonds is 5. The molecule has 0 saturated heterocycles. The lowest BCUT2D eigenvalue weighted by atomic mass is 9.93. The van der Waals surface area contributed by atoms with E-state index in [4.69, 9.17) is 10.8 Å². The molecule has 66 valence electrons. The van der Waals surface area contributed by atoms with Crippen molar-refractivity contribution in [3.8, 4) is 0 Å². The van der Waals surface area contributed by atoms with Crippen LogP contribution in [0.3, 0.4) is 0 Å². The van der Waals surface area contributed by atoms with E-state index < -0.39 is 12.0 Å². The number of nitrogens with two attached hydrogens (primary N) is 1. The van der Waals surface area contributed by atoms with Crippen LogP contribution in [0.5, 0.6) is 0 Å². The summed E-state index contributed by atoms with van der Waals surface area (Å²) < 4.78 is 0. The molecule has 0 aromatic rings. The third-order valence-electron chi connectivity index (χ3n) is 1.98. The fourth-order valence-electron chi connectivity index (χ4n) is 1.21. The van der Waals surface area contributed by atoms with Gasteiger partial charge in [-0.15, -0.1) is 0 Å². The van der Waals surface area contributed by atoms with Gasteiger partial charge in [0.05, 0.1) is 0 Å². The number of carboxylic acid groups (broad SMARTS) is 1. The highest BCUT2D eigenvalue weighted by molar-refractivity contribution is 5.73. The van der Waals surface area contributed by atoms with E-state index in [1.165, 1.54) is 0 Å². The van der Waals surface area contributed by atoms with Crippen LogP contribution in [0.4, 0.5) is 0 Å². The summed E-state index contributed by atoms with van der Waals surface area (Å²) in [7, 11) is 0. The Labute approximate surface area is 67.6 Å². The van der Waals surface area contributed by atoms with E-state index in [0.29, 0.717) is 0 Å². The second-order valence-corrected chi connectivity index (χ2v) is 2.82. The average molecular weight is 159 g/mol.